The molecule has 33 heavy (non-hydrogen) atoms. The van der Waals surface area contributed by atoms with Crippen molar-refractivity contribution < 1.29 is 19.4 Å². The largest absolute Gasteiger partial charge is 0.491 e. The van der Waals surface area contributed by atoms with E-state index in [1.165, 1.54) is 0 Å². The van der Waals surface area contributed by atoms with Crippen molar-refractivity contribution in [3.05, 3.63) is 47.7 Å². The minimum atomic E-state index is -0.922. The van der Waals surface area contributed by atoms with Crippen LogP contribution in [0.2, 0.25) is 0 Å². The van der Waals surface area contributed by atoms with E-state index in [-0.39, 0.29) is 0 Å². The second-order valence-electron chi connectivity index (χ2n) is 8.97. The van der Waals surface area contributed by atoms with Crippen LogP contribution in [-0.4, -0.2) is 49.0 Å². The third-order valence-electron chi connectivity index (χ3n) is 6.22. The van der Waals surface area contributed by atoms with Crippen molar-refractivity contribution >= 4 is 17.9 Å². The van der Waals surface area contributed by atoms with E-state index in [1.807, 2.05) is 36.5 Å². The Morgan fingerprint density at radius 2 is 1.82 bits per heavy atom. The van der Waals surface area contributed by atoms with Crippen LogP contribution in [0.15, 0.2) is 42.1 Å². The molecule has 1 saturated heterocycles. The van der Waals surface area contributed by atoms with E-state index in [0.717, 1.165) is 60.8 Å². The number of benzene rings is 1. The minimum absolute atomic E-state index is 0.292. The number of anilines is 1. The van der Waals surface area contributed by atoms with Crippen molar-refractivity contribution in [3.8, 4) is 16.9 Å². The van der Waals surface area contributed by atoms with Crippen LogP contribution in [0.1, 0.15) is 46.1 Å². The van der Waals surface area contributed by atoms with Gasteiger partial charge in [0.25, 0.3) is 0 Å². The zero-order valence-electron chi connectivity index (χ0n) is 20.2. The second kappa shape index (κ2) is 11.8. The van der Waals surface area contributed by atoms with Crippen LogP contribution in [0, 0.1) is 11.8 Å². The van der Waals surface area contributed by atoms with Gasteiger partial charge in [-0.25, -0.2) is 9.78 Å². The smallest absolute Gasteiger partial charge is 0.331 e. The summed E-state index contributed by atoms with van der Waals surface area (Å²) < 4.78 is 11.3. The van der Waals surface area contributed by atoms with E-state index in [4.69, 9.17) is 14.5 Å². The first-order valence-corrected chi connectivity index (χ1v) is 11.9. The van der Waals surface area contributed by atoms with Gasteiger partial charge in [0.15, 0.2) is 0 Å². The fraction of sp³-hybridized carbons (Fsp3) is 0.481. The lowest BCUT2D eigenvalue weighted by molar-refractivity contribution is -0.132. The number of hydrogen-bond acceptors (Lipinski definition) is 5. The lowest BCUT2D eigenvalue weighted by Gasteiger charge is -2.20. The molecule has 1 aliphatic heterocycles. The maximum atomic E-state index is 11.5. The van der Waals surface area contributed by atoms with Gasteiger partial charge in [-0.05, 0) is 55.0 Å². The number of rotatable bonds is 11. The Hall–Kier alpha value is -2.86. The normalized spacial score (nSPS) is 18.5. The lowest BCUT2D eigenvalue weighted by Crippen LogP contribution is -2.22. The van der Waals surface area contributed by atoms with Gasteiger partial charge < -0.3 is 19.5 Å². The van der Waals surface area contributed by atoms with Crippen molar-refractivity contribution in [1.82, 2.24) is 4.98 Å². The maximum absolute atomic E-state index is 11.5. The van der Waals surface area contributed by atoms with Crippen LogP contribution in [0.25, 0.3) is 17.2 Å². The molecular weight excluding hydrogens is 416 g/mol. The number of aromatic nitrogens is 1. The van der Waals surface area contributed by atoms with Gasteiger partial charge >= 0.3 is 5.97 Å². The number of carbonyl (C=O) groups is 1. The van der Waals surface area contributed by atoms with Crippen LogP contribution in [0.5, 0.6) is 5.75 Å². The quantitative estimate of drug-likeness (QED) is 0.357. The molecule has 0 bridgehead atoms. The maximum Gasteiger partial charge on any atom is 0.331 e. The van der Waals surface area contributed by atoms with E-state index in [2.05, 4.69) is 25.7 Å². The summed E-state index contributed by atoms with van der Waals surface area (Å²) in [5.74, 6) is 1.87. The van der Waals surface area contributed by atoms with E-state index in [1.54, 1.807) is 13.0 Å². The van der Waals surface area contributed by atoms with Crippen LogP contribution < -0.4 is 9.64 Å². The minimum Gasteiger partial charge on any atom is -0.491 e. The number of carboxylic acids is 1. The first-order chi connectivity index (χ1) is 15.9. The highest BCUT2D eigenvalue weighted by molar-refractivity contribution is 5.92. The van der Waals surface area contributed by atoms with Crippen LogP contribution in [0.4, 0.5) is 5.82 Å². The number of carboxylic acid groups (broad SMARTS) is 1. The van der Waals surface area contributed by atoms with Crippen molar-refractivity contribution in [2.45, 2.75) is 40.5 Å². The monoisotopic (exact) mass is 452 g/mol. The molecular formula is C27H36N2O4. The standard InChI is InChI=1S/C27H36N2O4/c1-5-6-11-32-12-13-33-25-9-7-22(8-10-25)24-15-23(14-19(2)27(30)31)26(28-16-24)29-17-20(3)21(4)18-29/h7-10,14-16,20-21H,5-6,11-13,17-18H2,1-4H3,(H,30,31). The predicted molar refractivity (Wildman–Crippen MR) is 133 cm³/mol. The molecule has 2 atom stereocenters. The third-order valence-corrected chi connectivity index (χ3v) is 6.22. The van der Waals surface area contributed by atoms with Crippen LogP contribution >= 0.6 is 0 Å². The third kappa shape index (κ3) is 6.81. The molecule has 2 unspecified atom stereocenters. The Balaban J connectivity index is 1.76. The van der Waals surface area contributed by atoms with Gasteiger partial charge in [0, 0.05) is 42.6 Å². The van der Waals surface area contributed by atoms with Crippen molar-refractivity contribution in [1.29, 1.82) is 0 Å². The molecule has 1 aliphatic rings. The highest BCUT2D eigenvalue weighted by atomic mass is 16.5. The van der Waals surface area contributed by atoms with E-state index >= 15 is 0 Å². The molecule has 178 valence electrons. The average Bonchev–Trinajstić information content (AvgIpc) is 3.14. The molecule has 2 aromatic rings. The molecule has 0 radical (unpaired) electrons. The van der Waals surface area contributed by atoms with Crippen LogP contribution in [-0.2, 0) is 9.53 Å². The Morgan fingerprint density at radius 1 is 1.12 bits per heavy atom. The van der Waals surface area contributed by atoms with Gasteiger partial charge in [-0.3, -0.25) is 0 Å². The number of ether oxygens (including phenoxy) is 2. The highest BCUT2D eigenvalue weighted by Gasteiger charge is 2.28. The summed E-state index contributed by atoms with van der Waals surface area (Å²) in [6, 6.07) is 9.91. The van der Waals surface area contributed by atoms with Gasteiger partial charge in [-0.1, -0.05) is 39.3 Å². The molecule has 1 fully saturated rings. The van der Waals surface area contributed by atoms with Crippen molar-refractivity contribution in [3.63, 3.8) is 0 Å². The number of hydrogen-bond donors (Lipinski definition) is 1. The zero-order chi connectivity index (χ0) is 23.8. The molecule has 1 aromatic carbocycles. The summed E-state index contributed by atoms with van der Waals surface area (Å²) in [4.78, 5) is 18.5. The van der Waals surface area contributed by atoms with Gasteiger partial charge in [-0.2, -0.15) is 0 Å². The number of aliphatic carboxylic acids is 1. The SMILES string of the molecule is CCCCOCCOc1ccc(-c2cnc(N3CC(C)C(C)C3)c(C=C(C)C(=O)O)c2)cc1. The average molecular weight is 453 g/mol. The van der Waals surface area contributed by atoms with Gasteiger partial charge in [-0.15, -0.1) is 0 Å². The fourth-order valence-corrected chi connectivity index (χ4v) is 3.91. The zero-order valence-corrected chi connectivity index (χ0v) is 20.2. The summed E-state index contributed by atoms with van der Waals surface area (Å²) in [5, 5.41) is 9.41. The molecule has 2 heterocycles. The topological polar surface area (TPSA) is 71.9 Å². The Bertz CT molecular complexity index is 945. The summed E-state index contributed by atoms with van der Waals surface area (Å²) in [7, 11) is 0. The first kappa shape index (κ1) is 24.8. The number of nitrogens with zero attached hydrogens (tertiary/aromatic N) is 2. The van der Waals surface area contributed by atoms with Crippen molar-refractivity contribution in [2.24, 2.45) is 11.8 Å². The molecule has 3 rings (SSSR count). The molecule has 6 nitrogen and oxygen atoms in total. The van der Waals surface area contributed by atoms with Gasteiger partial charge in [0.2, 0.25) is 0 Å². The summed E-state index contributed by atoms with van der Waals surface area (Å²) >= 11 is 0. The molecule has 0 amide bonds. The summed E-state index contributed by atoms with van der Waals surface area (Å²) in [5.41, 5.74) is 3.07. The highest BCUT2D eigenvalue weighted by Crippen LogP contribution is 2.32. The van der Waals surface area contributed by atoms with Crippen molar-refractivity contribution in [2.75, 3.05) is 37.8 Å². The van der Waals surface area contributed by atoms with Gasteiger partial charge in [0.05, 0.1) is 6.61 Å². The van der Waals surface area contributed by atoms with E-state index in [9.17, 15) is 9.90 Å². The summed E-state index contributed by atoms with van der Waals surface area (Å²) in [6.45, 7) is 12.0. The lowest BCUT2D eigenvalue weighted by atomic mass is 10.0. The van der Waals surface area contributed by atoms with E-state index < -0.39 is 5.97 Å². The van der Waals surface area contributed by atoms with Gasteiger partial charge in [0.1, 0.15) is 18.2 Å². The molecule has 6 heteroatoms. The molecule has 1 aromatic heterocycles. The number of unbranched alkanes of at least 4 members (excludes halogenated alkanes) is 1. The fourth-order valence-electron chi connectivity index (χ4n) is 3.91. The Kier molecular flexibility index (Phi) is 8.89. The predicted octanol–water partition coefficient (Wildman–Crippen LogP) is 5.52. The Labute approximate surface area is 197 Å². The molecule has 0 saturated carbocycles. The van der Waals surface area contributed by atoms with E-state index in [0.29, 0.717) is 30.6 Å². The number of pyridine rings is 1. The summed E-state index contributed by atoms with van der Waals surface area (Å²) in [6.07, 6.45) is 5.79. The molecule has 0 aliphatic carbocycles. The second-order valence-corrected chi connectivity index (χ2v) is 8.97. The van der Waals surface area contributed by atoms with Crippen LogP contribution in [0.3, 0.4) is 0 Å². The first-order valence-electron chi connectivity index (χ1n) is 11.9. The molecule has 0 spiro atoms. The molecule has 1 N–H and O–H groups in total. The Morgan fingerprint density at radius 3 is 2.45 bits per heavy atom.